The minimum atomic E-state index is -4.50. The molecule has 1 aromatic carbocycles. The van der Waals surface area contributed by atoms with Crippen molar-refractivity contribution in [2.24, 2.45) is 12.2 Å². The van der Waals surface area contributed by atoms with Gasteiger partial charge < -0.3 is 9.15 Å². The average molecular weight is 480 g/mol. The van der Waals surface area contributed by atoms with Crippen LogP contribution in [0.3, 0.4) is 0 Å². The number of alkyl halides is 3. The lowest BCUT2D eigenvalue weighted by Crippen LogP contribution is -2.11. The lowest BCUT2D eigenvalue weighted by molar-refractivity contribution is -0.137. The summed E-state index contributed by atoms with van der Waals surface area (Å²) in [7, 11) is -2.28. The Bertz CT molecular complexity index is 1400. The zero-order valence-electron chi connectivity index (χ0n) is 16.8. The number of nitrogens with two attached hydrogens (primary N) is 1. The first-order valence-electron chi connectivity index (χ1n) is 9.16. The third-order valence-corrected chi connectivity index (χ3v) is 5.46. The van der Waals surface area contributed by atoms with Crippen molar-refractivity contribution >= 4 is 10.0 Å². The number of benzene rings is 1. The van der Waals surface area contributed by atoms with Crippen LogP contribution in [0.4, 0.5) is 13.2 Å². The summed E-state index contributed by atoms with van der Waals surface area (Å²) in [6, 6.07) is 7.68. The van der Waals surface area contributed by atoms with Gasteiger partial charge in [-0.1, -0.05) is 6.07 Å². The fourth-order valence-corrected chi connectivity index (χ4v) is 3.40. The van der Waals surface area contributed by atoms with Crippen LogP contribution in [0, 0.1) is 0 Å². The topological polar surface area (TPSA) is 139 Å². The SMILES string of the molecule is Cn1ncc(-c2nnc(-c3cccc(S(N)(=O)=O)c3)o2)c1COc1ccc(C(F)(F)F)cn1. The quantitative estimate of drug-likeness (QED) is 0.444. The molecule has 2 N–H and O–H groups in total. The van der Waals surface area contributed by atoms with Gasteiger partial charge in [-0.25, -0.2) is 18.5 Å². The number of aromatic nitrogens is 5. The molecule has 0 spiro atoms. The lowest BCUT2D eigenvalue weighted by Gasteiger charge is -2.09. The van der Waals surface area contributed by atoms with Gasteiger partial charge >= 0.3 is 6.18 Å². The van der Waals surface area contributed by atoms with Crippen LogP contribution in [0.25, 0.3) is 22.9 Å². The van der Waals surface area contributed by atoms with Gasteiger partial charge in [0.15, 0.2) is 0 Å². The highest BCUT2D eigenvalue weighted by Gasteiger charge is 2.30. The molecule has 0 amide bonds. The number of hydrogen-bond acceptors (Lipinski definition) is 8. The normalized spacial score (nSPS) is 12.2. The average Bonchev–Trinajstić information content (AvgIpc) is 3.38. The molecule has 0 radical (unpaired) electrons. The Hall–Kier alpha value is -3.78. The van der Waals surface area contributed by atoms with Crippen LogP contribution >= 0.6 is 0 Å². The second kappa shape index (κ2) is 8.29. The molecule has 0 unspecified atom stereocenters. The van der Waals surface area contributed by atoms with Crippen molar-refractivity contribution in [1.29, 1.82) is 0 Å². The zero-order valence-corrected chi connectivity index (χ0v) is 17.6. The van der Waals surface area contributed by atoms with Gasteiger partial charge in [0.2, 0.25) is 21.8 Å². The van der Waals surface area contributed by atoms with Gasteiger partial charge in [0.25, 0.3) is 5.89 Å². The number of rotatable bonds is 6. The second-order valence-corrected chi connectivity index (χ2v) is 8.35. The first kappa shape index (κ1) is 22.4. The standard InChI is InChI=1S/C19H15F3N6O4S/c1-28-15(10-31-16-6-5-12(8-24-16)19(20,21)22)14(9-25-28)18-27-26-17(32-18)11-3-2-4-13(7-11)33(23,29)30/h2-9H,10H2,1H3,(H2,23,29,30). The largest absolute Gasteiger partial charge is 0.471 e. The van der Waals surface area contributed by atoms with E-state index >= 15 is 0 Å². The maximum absolute atomic E-state index is 12.7. The molecular weight excluding hydrogens is 465 g/mol. The van der Waals surface area contributed by atoms with Gasteiger partial charge in [0.05, 0.1) is 27.9 Å². The van der Waals surface area contributed by atoms with E-state index in [1.54, 1.807) is 13.1 Å². The molecule has 0 aliphatic rings. The van der Waals surface area contributed by atoms with Crippen LogP contribution in [0.5, 0.6) is 5.88 Å². The molecular formula is C19H15F3N6O4S. The van der Waals surface area contributed by atoms with Crippen LogP contribution in [-0.2, 0) is 29.9 Å². The molecule has 4 aromatic rings. The van der Waals surface area contributed by atoms with Gasteiger partial charge in [-0.05, 0) is 24.3 Å². The zero-order chi connectivity index (χ0) is 23.8. The first-order valence-corrected chi connectivity index (χ1v) is 10.7. The van der Waals surface area contributed by atoms with Crippen LogP contribution in [0.2, 0.25) is 0 Å². The Labute approximate surface area is 184 Å². The first-order chi connectivity index (χ1) is 15.5. The molecule has 0 saturated heterocycles. The van der Waals surface area contributed by atoms with E-state index in [0.29, 0.717) is 23.0 Å². The van der Waals surface area contributed by atoms with Crippen LogP contribution in [0.1, 0.15) is 11.3 Å². The van der Waals surface area contributed by atoms with Crippen molar-refractivity contribution in [3.8, 4) is 28.8 Å². The van der Waals surface area contributed by atoms with Gasteiger partial charge in [-0.3, -0.25) is 4.68 Å². The molecule has 3 aromatic heterocycles. The second-order valence-electron chi connectivity index (χ2n) is 6.79. The Kier molecular flexibility index (Phi) is 5.63. The number of aryl methyl sites for hydroxylation is 1. The maximum Gasteiger partial charge on any atom is 0.417 e. The number of pyridine rings is 1. The van der Waals surface area contributed by atoms with Crippen molar-refractivity contribution < 1.29 is 30.7 Å². The molecule has 0 aliphatic carbocycles. The summed E-state index contributed by atoms with van der Waals surface area (Å²) in [5, 5.41) is 17.2. The Morgan fingerprint density at radius 1 is 1.12 bits per heavy atom. The fraction of sp³-hybridized carbons (Fsp3) is 0.158. The summed E-state index contributed by atoms with van der Waals surface area (Å²) in [4.78, 5) is 3.55. The van der Waals surface area contributed by atoms with Gasteiger partial charge in [-0.15, -0.1) is 10.2 Å². The van der Waals surface area contributed by atoms with Crippen molar-refractivity contribution in [3.63, 3.8) is 0 Å². The van der Waals surface area contributed by atoms with E-state index in [4.69, 9.17) is 14.3 Å². The highest BCUT2D eigenvalue weighted by atomic mass is 32.2. The number of halogens is 3. The summed E-state index contributed by atoms with van der Waals surface area (Å²) in [5.74, 6) is 0.120. The van der Waals surface area contributed by atoms with Gasteiger partial charge in [0.1, 0.15) is 6.61 Å². The minimum absolute atomic E-state index is 0.0128. The molecule has 172 valence electrons. The number of hydrogen-bond donors (Lipinski definition) is 1. The summed E-state index contributed by atoms with van der Waals surface area (Å²) < 4.78 is 73.8. The van der Waals surface area contributed by atoms with E-state index in [-0.39, 0.29) is 29.2 Å². The van der Waals surface area contributed by atoms with Crippen molar-refractivity contribution in [1.82, 2.24) is 25.0 Å². The number of nitrogens with zero attached hydrogens (tertiary/aromatic N) is 5. The molecule has 14 heteroatoms. The van der Waals surface area contributed by atoms with Gasteiger partial charge in [-0.2, -0.15) is 18.3 Å². The molecule has 0 saturated carbocycles. The monoisotopic (exact) mass is 480 g/mol. The van der Waals surface area contributed by atoms with E-state index < -0.39 is 21.8 Å². The predicted octanol–water partition coefficient (Wildman–Crippen LogP) is 2.78. The maximum atomic E-state index is 12.7. The Morgan fingerprint density at radius 3 is 2.55 bits per heavy atom. The number of primary sulfonamides is 1. The fourth-order valence-electron chi connectivity index (χ4n) is 2.84. The number of sulfonamides is 1. The van der Waals surface area contributed by atoms with Crippen molar-refractivity contribution in [2.45, 2.75) is 17.7 Å². The Morgan fingerprint density at radius 2 is 1.88 bits per heavy atom. The predicted molar refractivity (Wildman–Crippen MR) is 107 cm³/mol. The molecule has 0 aliphatic heterocycles. The summed E-state index contributed by atoms with van der Waals surface area (Å²) in [6.45, 7) is -0.0944. The molecule has 0 bridgehead atoms. The Balaban J connectivity index is 1.56. The molecule has 4 rings (SSSR count). The third kappa shape index (κ3) is 4.85. The van der Waals surface area contributed by atoms with E-state index in [9.17, 15) is 21.6 Å². The van der Waals surface area contributed by atoms with E-state index in [0.717, 1.165) is 12.1 Å². The highest BCUT2D eigenvalue weighted by molar-refractivity contribution is 7.89. The van der Waals surface area contributed by atoms with Crippen molar-refractivity contribution in [2.75, 3.05) is 0 Å². The van der Waals surface area contributed by atoms with E-state index in [2.05, 4.69) is 20.3 Å². The lowest BCUT2D eigenvalue weighted by atomic mass is 10.2. The summed E-state index contributed by atoms with van der Waals surface area (Å²) in [5.41, 5.74) is 0.368. The van der Waals surface area contributed by atoms with Crippen LogP contribution < -0.4 is 9.88 Å². The highest BCUT2D eigenvalue weighted by Crippen LogP contribution is 2.30. The molecule has 10 nitrogen and oxygen atoms in total. The molecule has 0 fully saturated rings. The minimum Gasteiger partial charge on any atom is -0.471 e. The van der Waals surface area contributed by atoms with E-state index in [1.165, 1.54) is 29.1 Å². The van der Waals surface area contributed by atoms with Crippen LogP contribution in [0.15, 0.2) is 58.1 Å². The third-order valence-electron chi connectivity index (χ3n) is 4.55. The number of ether oxygens (including phenoxy) is 1. The van der Waals surface area contributed by atoms with E-state index in [1.807, 2.05) is 0 Å². The summed E-state index contributed by atoms with van der Waals surface area (Å²) >= 11 is 0. The smallest absolute Gasteiger partial charge is 0.417 e. The molecule has 3 heterocycles. The summed E-state index contributed by atoms with van der Waals surface area (Å²) in [6.07, 6.45) is -2.36. The van der Waals surface area contributed by atoms with Gasteiger partial charge in [0, 0.05) is 24.9 Å². The van der Waals surface area contributed by atoms with Crippen molar-refractivity contribution in [3.05, 3.63) is 60.0 Å². The van der Waals surface area contributed by atoms with Crippen LogP contribution in [-0.4, -0.2) is 33.4 Å². The molecule has 0 atom stereocenters. The molecule has 33 heavy (non-hydrogen) atoms.